The van der Waals surface area contributed by atoms with Gasteiger partial charge in [0, 0.05) is 16.6 Å². The van der Waals surface area contributed by atoms with E-state index in [0.29, 0.717) is 5.75 Å². The predicted octanol–water partition coefficient (Wildman–Crippen LogP) is 3.82. The molecule has 0 fully saturated rings. The summed E-state index contributed by atoms with van der Waals surface area (Å²) in [5.74, 6) is 5.64. The van der Waals surface area contributed by atoms with Crippen molar-refractivity contribution >= 4 is 39.1 Å². The second kappa shape index (κ2) is 9.06. The molecule has 0 spiro atoms. The zero-order valence-electron chi connectivity index (χ0n) is 12.8. The number of carbonyl (C=O) groups is 1. The third kappa shape index (κ3) is 5.78. The SMILES string of the molecule is O=C(NCC#CCOc1cccc(Br)c1)c1cc([N+](=O)[O-])ccc1Cl. The Morgan fingerprint density at radius 3 is 2.80 bits per heavy atom. The van der Waals surface area contributed by atoms with E-state index in [1.165, 1.54) is 12.1 Å². The summed E-state index contributed by atoms with van der Waals surface area (Å²) in [4.78, 5) is 22.2. The number of hydrogen-bond acceptors (Lipinski definition) is 4. The fourth-order valence-electron chi connectivity index (χ4n) is 1.81. The number of halogens is 2. The average molecular weight is 424 g/mol. The van der Waals surface area contributed by atoms with Gasteiger partial charge in [-0.3, -0.25) is 14.9 Å². The van der Waals surface area contributed by atoms with Gasteiger partial charge in [-0.1, -0.05) is 45.4 Å². The van der Waals surface area contributed by atoms with E-state index in [1.54, 1.807) is 6.07 Å². The van der Waals surface area contributed by atoms with Crippen LogP contribution in [0.25, 0.3) is 0 Å². The van der Waals surface area contributed by atoms with Crippen LogP contribution < -0.4 is 10.1 Å². The normalized spacial score (nSPS) is 9.68. The highest BCUT2D eigenvalue weighted by Gasteiger charge is 2.15. The molecule has 0 aromatic heterocycles. The molecule has 1 N–H and O–H groups in total. The standard InChI is InChI=1S/C17H12BrClN2O4/c18-12-4-3-5-14(10-12)25-9-2-1-8-20-17(22)15-11-13(21(23)24)6-7-16(15)19/h3-7,10-11H,8-9H2,(H,20,22). The first-order chi connectivity index (χ1) is 12.0. The molecule has 0 unspecified atom stereocenters. The first-order valence-electron chi connectivity index (χ1n) is 7.03. The van der Waals surface area contributed by atoms with E-state index >= 15 is 0 Å². The van der Waals surface area contributed by atoms with E-state index in [2.05, 4.69) is 33.1 Å². The maximum Gasteiger partial charge on any atom is 0.270 e. The first kappa shape index (κ1) is 18.8. The van der Waals surface area contributed by atoms with Gasteiger partial charge >= 0.3 is 0 Å². The van der Waals surface area contributed by atoms with Crippen LogP contribution in [0.4, 0.5) is 5.69 Å². The monoisotopic (exact) mass is 422 g/mol. The lowest BCUT2D eigenvalue weighted by atomic mass is 10.2. The van der Waals surface area contributed by atoms with E-state index in [9.17, 15) is 14.9 Å². The Balaban J connectivity index is 1.85. The van der Waals surface area contributed by atoms with Gasteiger partial charge in [0.1, 0.15) is 12.4 Å². The molecular weight excluding hydrogens is 412 g/mol. The van der Waals surface area contributed by atoms with Crippen LogP contribution >= 0.6 is 27.5 Å². The van der Waals surface area contributed by atoms with Crippen molar-refractivity contribution in [3.05, 3.63) is 67.6 Å². The second-order valence-corrected chi connectivity index (χ2v) is 6.03. The molecule has 0 heterocycles. The Morgan fingerprint density at radius 2 is 2.08 bits per heavy atom. The number of amides is 1. The molecular formula is C17H12BrClN2O4. The Bertz CT molecular complexity index is 861. The maximum absolute atomic E-state index is 12.0. The number of nitrogens with one attached hydrogen (secondary N) is 1. The van der Waals surface area contributed by atoms with Crippen LogP contribution in [0.15, 0.2) is 46.9 Å². The fraction of sp³-hybridized carbons (Fsp3) is 0.118. The highest BCUT2D eigenvalue weighted by molar-refractivity contribution is 9.10. The number of ether oxygens (including phenoxy) is 1. The van der Waals surface area contributed by atoms with E-state index in [4.69, 9.17) is 16.3 Å². The van der Waals surface area contributed by atoms with Gasteiger partial charge in [0.25, 0.3) is 11.6 Å². The summed E-state index contributed by atoms with van der Waals surface area (Å²) in [6.07, 6.45) is 0. The van der Waals surface area contributed by atoms with Crippen LogP contribution in [0.2, 0.25) is 5.02 Å². The van der Waals surface area contributed by atoms with Gasteiger partial charge in [-0.05, 0) is 24.3 Å². The summed E-state index contributed by atoms with van der Waals surface area (Å²) >= 11 is 9.23. The quantitative estimate of drug-likeness (QED) is 0.450. The molecule has 8 heteroatoms. The van der Waals surface area contributed by atoms with Crippen LogP contribution in [0.1, 0.15) is 10.4 Å². The molecule has 0 aliphatic rings. The van der Waals surface area contributed by atoms with Gasteiger partial charge in [0.15, 0.2) is 0 Å². The minimum absolute atomic E-state index is 0.0306. The largest absolute Gasteiger partial charge is 0.481 e. The van der Waals surface area contributed by atoms with Gasteiger partial charge in [-0.25, -0.2) is 0 Å². The number of benzene rings is 2. The van der Waals surface area contributed by atoms with Crippen LogP contribution in [0.3, 0.4) is 0 Å². The minimum Gasteiger partial charge on any atom is -0.481 e. The molecule has 0 saturated carbocycles. The predicted molar refractivity (Wildman–Crippen MR) is 97.9 cm³/mol. The number of nitro groups is 1. The third-order valence-corrected chi connectivity index (χ3v) is 3.80. The Morgan fingerprint density at radius 1 is 1.28 bits per heavy atom. The summed E-state index contributed by atoms with van der Waals surface area (Å²) < 4.78 is 6.33. The average Bonchev–Trinajstić information content (AvgIpc) is 2.58. The molecule has 0 bridgehead atoms. The summed E-state index contributed by atoms with van der Waals surface area (Å²) in [5.41, 5.74) is -0.175. The smallest absolute Gasteiger partial charge is 0.270 e. The lowest BCUT2D eigenvalue weighted by molar-refractivity contribution is -0.384. The Labute approximate surface area is 157 Å². The minimum atomic E-state index is -0.591. The Kier molecular flexibility index (Phi) is 6.81. The molecule has 0 aliphatic carbocycles. The molecule has 128 valence electrons. The number of carbonyl (C=O) groups excluding carboxylic acids is 1. The fourth-order valence-corrected chi connectivity index (χ4v) is 2.39. The van der Waals surface area contributed by atoms with Gasteiger partial charge in [-0.15, -0.1) is 0 Å². The lowest BCUT2D eigenvalue weighted by Gasteiger charge is -2.04. The van der Waals surface area contributed by atoms with Crippen molar-refractivity contribution in [3.63, 3.8) is 0 Å². The molecule has 2 aromatic carbocycles. The van der Waals surface area contributed by atoms with Gasteiger partial charge < -0.3 is 10.1 Å². The van der Waals surface area contributed by atoms with E-state index in [-0.39, 0.29) is 29.4 Å². The molecule has 1 amide bonds. The van der Waals surface area contributed by atoms with Gasteiger partial charge in [0.2, 0.25) is 0 Å². The van der Waals surface area contributed by atoms with Crippen molar-refractivity contribution in [2.24, 2.45) is 0 Å². The van der Waals surface area contributed by atoms with Crippen molar-refractivity contribution in [2.75, 3.05) is 13.2 Å². The second-order valence-electron chi connectivity index (χ2n) is 4.70. The summed E-state index contributed by atoms with van der Waals surface area (Å²) in [6, 6.07) is 11.0. The van der Waals surface area contributed by atoms with Crippen molar-refractivity contribution < 1.29 is 14.5 Å². The van der Waals surface area contributed by atoms with Crippen molar-refractivity contribution in [3.8, 4) is 17.6 Å². The van der Waals surface area contributed by atoms with E-state index < -0.39 is 10.8 Å². The Hall–Kier alpha value is -2.56. The number of rotatable bonds is 5. The molecule has 0 atom stereocenters. The summed E-state index contributed by atoms with van der Waals surface area (Å²) in [7, 11) is 0. The molecule has 0 saturated heterocycles. The molecule has 2 rings (SSSR count). The topological polar surface area (TPSA) is 81.5 Å². The molecule has 6 nitrogen and oxygen atoms in total. The van der Waals surface area contributed by atoms with Crippen molar-refractivity contribution in [1.82, 2.24) is 5.32 Å². The summed E-state index contributed by atoms with van der Waals surface area (Å²) in [5, 5.41) is 13.4. The third-order valence-electron chi connectivity index (χ3n) is 2.97. The number of non-ortho nitro benzene ring substituents is 1. The van der Waals surface area contributed by atoms with Crippen LogP contribution in [0.5, 0.6) is 5.75 Å². The van der Waals surface area contributed by atoms with Crippen LogP contribution in [-0.2, 0) is 0 Å². The zero-order valence-corrected chi connectivity index (χ0v) is 15.1. The highest BCUT2D eigenvalue weighted by atomic mass is 79.9. The molecule has 0 aliphatic heterocycles. The summed E-state index contributed by atoms with van der Waals surface area (Å²) in [6.45, 7) is 0.240. The number of nitro benzene ring substituents is 1. The van der Waals surface area contributed by atoms with Gasteiger partial charge in [-0.2, -0.15) is 0 Å². The molecule has 25 heavy (non-hydrogen) atoms. The molecule has 0 radical (unpaired) electrons. The number of nitrogens with zero attached hydrogens (tertiary/aromatic N) is 1. The van der Waals surface area contributed by atoms with Gasteiger partial charge in [0.05, 0.1) is 22.1 Å². The molecule has 2 aromatic rings. The van der Waals surface area contributed by atoms with E-state index in [0.717, 1.165) is 10.5 Å². The van der Waals surface area contributed by atoms with E-state index in [1.807, 2.05) is 18.2 Å². The van der Waals surface area contributed by atoms with Crippen molar-refractivity contribution in [1.29, 1.82) is 0 Å². The maximum atomic E-state index is 12.0. The zero-order chi connectivity index (χ0) is 18.2. The van der Waals surface area contributed by atoms with Crippen LogP contribution in [-0.4, -0.2) is 24.0 Å². The highest BCUT2D eigenvalue weighted by Crippen LogP contribution is 2.21. The number of hydrogen-bond donors (Lipinski definition) is 1. The lowest BCUT2D eigenvalue weighted by Crippen LogP contribution is -2.24. The van der Waals surface area contributed by atoms with Crippen LogP contribution in [0, 0.1) is 22.0 Å². The first-order valence-corrected chi connectivity index (χ1v) is 8.20. The van der Waals surface area contributed by atoms with Crippen molar-refractivity contribution in [2.45, 2.75) is 0 Å².